The summed E-state index contributed by atoms with van der Waals surface area (Å²) in [4.78, 5) is 24.2. The third-order valence-corrected chi connectivity index (χ3v) is 2.05. The summed E-state index contributed by atoms with van der Waals surface area (Å²) in [6.07, 6.45) is 0.995. The van der Waals surface area contributed by atoms with Crippen molar-refractivity contribution in [3.8, 4) is 0 Å². The lowest BCUT2D eigenvalue weighted by Crippen LogP contribution is -2.43. The van der Waals surface area contributed by atoms with Gasteiger partial charge >= 0.3 is 0 Å². The maximum atomic E-state index is 11.6. The molecule has 0 saturated carbocycles. The summed E-state index contributed by atoms with van der Waals surface area (Å²) in [5.41, 5.74) is 0. The van der Waals surface area contributed by atoms with Crippen molar-refractivity contribution < 1.29 is 9.59 Å². The molecular weight excluding hydrogens is 194 g/mol. The van der Waals surface area contributed by atoms with E-state index in [0.29, 0.717) is 13.1 Å². The maximum Gasteiger partial charge on any atom is 0.239 e. The van der Waals surface area contributed by atoms with E-state index in [2.05, 4.69) is 10.6 Å². The number of carbonyl (C=O) groups is 2. The normalized spacial score (nSPS) is 9.80. The van der Waals surface area contributed by atoms with Gasteiger partial charge in [-0.2, -0.15) is 0 Å². The molecule has 0 atom stereocenters. The first kappa shape index (κ1) is 13.9. The third kappa shape index (κ3) is 6.06. The van der Waals surface area contributed by atoms with Gasteiger partial charge in [-0.3, -0.25) is 9.59 Å². The largest absolute Gasteiger partial charge is 0.358 e. The van der Waals surface area contributed by atoms with Gasteiger partial charge in [0.05, 0.1) is 13.1 Å². The fourth-order valence-electron chi connectivity index (χ4n) is 1.11. The highest BCUT2D eigenvalue weighted by atomic mass is 16.2. The molecule has 0 unspecified atom stereocenters. The quantitative estimate of drug-likeness (QED) is 0.567. The van der Waals surface area contributed by atoms with Crippen molar-refractivity contribution in [1.82, 2.24) is 15.5 Å². The van der Waals surface area contributed by atoms with Gasteiger partial charge in [0.2, 0.25) is 11.8 Å². The summed E-state index contributed by atoms with van der Waals surface area (Å²) < 4.78 is 0. The second-order valence-corrected chi connectivity index (χ2v) is 3.26. The summed E-state index contributed by atoms with van der Waals surface area (Å²) in [5, 5.41) is 5.52. The van der Waals surface area contributed by atoms with E-state index in [9.17, 15) is 9.59 Å². The van der Waals surface area contributed by atoms with E-state index in [1.54, 1.807) is 7.05 Å². The molecule has 2 N–H and O–H groups in total. The van der Waals surface area contributed by atoms with Crippen molar-refractivity contribution in [3.63, 3.8) is 0 Å². The fourth-order valence-corrected chi connectivity index (χ4v) is 1.11. The smallest absolute Gasteiger partial charge is 0.239 e. The van der Waals surface area contributed by atoms with Crippen LogP contribution in [0.25, 0.3) is 0 Å². The Labute approximate surface area is 91.2 Å². The Hall–Kier alpha value is -1.10. The zero-order valence-corrected chi connectivity index (χ0v) is 9.80. The molecule has 5 nitrogen and oxygen atoms in total. The van der Waals surface area contributed by atoms with Crippen LogP contribution in [-0.4, -0.2) is 49.9 Å². The second-order valence-electron chi connectivity index (χ2n) is 3.26. The molecule has 0 bridgehead atoms. The fraction of sp³-hybridized carbons (Fsp3) is 0.800. The average Bonchev–Trinajstić information content (AvgIpc) is 2.25. The van der Waals surface area contributed by atoms with Gasteiger partial charge in [0.25, 0.3) is 0 Å². The van der Waals surface area contributed by atoms with Crippen LogP contribution in [-0.2, 0) is 9.59 Å². The standard InChI is InChI=1S/C10H21N3O2/c1-4-6-12-7-10(15)13(5-2)8-9(14)11-3/h12H,4-8H2,1-3H3,(H,11,14). The van der Waals surface area contributed by atoms with Gasteiger partial charge in [-0.05, 0) is 19.9 Å². The Kier molecular flexibility index (Phi) is 7.62. The van der Waals surface area contributed by atoms with Crippen molar-refractivity contribution in [2.45, 2.75) is 20.3 Å². The molecule has 0 aromatic heterocycles. The Balaban J connectivity index is 3.93. The number of carbonyl (C=O) groups excluding carboxylic acids is 2. The predicted octanol–water partition coefficient (Wildman–Crippen LogP) is -0.419. The molecule has 0 aliphatic carbocycles. The minimum atomic E-state index is -0.138. The van der Waals surface area contributed by atoms with Crippen LogP contribution in [0.1, 0.15) is 20.3 Å². The van der Waals surface area contributed by atoms with Crippen molar-refractivity contribution in [3.05, 3.63) is 0 Å². The third-order valence-electron chi connectivity index (χ3n) is 2.05. The first-order valence-corrected chi connectivity index (χ1v) is 5.34. The van der Waals surface area contributed by atoms with E-state index < -0.39 is 0 Å². The van der Waals surface area contributed by atoms with Crippen LogP contribution in [0.3, 0.4) is 0 Å². The molecule has 88 valence electrons. The molecule has 2 amide bonds. The van der Waals surface area contributed by atoms with Gasteiger partial charge < -0.3 is 15.5 Å². The first-order valence-electron chi connectivity index (χ1n) is 5.34. The molecule has 0 saturated heterocycles. The molecular formula is C10H21N3O2. The molecule has 0 aliphatic rings. The van der Waals surface area contributed by atoms with Gasteiger partial charge in [-0.15, -0.1) is 0 Å². The zero-order chi connectivity index (χ0) is 11.7. The van der Waals surface area contributed by atoms with Gasteiger partial charge in [0.15, 0.2) is 0 Å². The lowest BCUT2D eigenvalue weighted by molar-refractivity contribution is -0.134. The van der Waals surface area contributed by atoms with Crippen LogP contribution in [0.5, 0.6) is 0 Å². The molecule has 5 heteroatoms. The number of hydrogen-bond donors (Lipinski definition) is 2. The van der Waals surface area contributed by atoms with E-state index >= 15 is 0 Å². The molecule has 0 aromatic rings. The minimum absolute atomic E-state index is 0.0328. The molecule has 0 aromatic carbocycles. The van der Waals surface area contributed by atoms with E-state index in [4.69, 9.17) is 0 Å². The number of amides is 2. The van der Waals surface area contributed by atoms with Crippen LogP contribution in [0.4, 0.5) is 0 Å². The van der Waals surface area contributed by atoms with Gasteiger partial charge in [-0.25, -0.2) is 0 Å². The molecule has 15 heavy (non-hydrogen) atoms. The van der Waals surface area contributed by atoms with Crippen LogP contribution in [0.15, 0.2) is 0 Å². The molecule has 0 spiro atoms. The lowest BCUT2D eigenvalue weighted by Gasteiger charge is -2.19. The van der Waals surface area contributed by atoms with E-state index in [1.807, 2.05) is 13.8 Å². The van der Waals surface area contributed by atoms with Crippen LogP contribution >= 0.6 is 0 Å². The molecule has 0 fully saturated rings. The first-order chi connectivity index (χ1) is 7.15. The summed E-state index contributed by atoms with van der Waals surface area (Å²) in [6.45, 7) is 5.72. The number of nitrogens with one attached hydrogen (secondary N) is 2. The van der Waals surface area contributed by atoms with E-state index in [1.165, 1.54) is 4.90 Å². The monoisotopic (exact) mass is 215 g/mol. The van der Waals surface area contributed by atoms with Gasteiger partial charge in [0.1, 0.15) is 0 Å². The molecule has 0 radical (unpaired) electrons. The average molecular weight is 215 g/mol. The van der Waals surface area contributed by atoms with Crippen LogP contribution in [0.2, 0.25) is 0 Å². The summed E-state index contributed by atoms with van der Waals surface area (Å²) in [5.74, 6) is -0.171. The number of likely N-dealkylation sites (N-methyl/N-ethyl adjacent to an activating group) is 2. The zero-order valence-electron chi connectivity index (χ0n) is 9.80. The van der Waals surface area contributed by atoms with Crippen molar-refractivity contribution >= 4 is 11.8 Å². The highest BCUT2D eigenvalue weighted by Gasteiger charge is 2.13. The maximum absolute atomic E-state index is 11.6. The highest BCUT2D eigenvalue weighted by molar-refractivity contribution is 5.85. The Morgan fingerprint density at radius 3 is 2.40 bits per heavy atom. The molecule has 0 aliphatic heterocycles. The van der Waals surface area contributed by atoms with Crippen molar-refractivity contribution in [1.29, 1.82) is 0 Å². The minimum Gasteiger partial charge on any atom is -0.358 e. The van der Waals surface area contributed by atoms with Crippen molar-refractivity contribution in [2.75, 3.05) is 33.2 Å². The summed E-state index contributed by atoms with van der Waals surface area (Å²) in [6, 6.07) is 0. The van der Waals surface area contributed by atoms with Crippen LogP contribution < -0.4 is 10.6 Å². The van der Waals surface area contributed by atoms with Gasteiger partial charge in [-0.1, -0.05) is 6.92 Å². The second kappa shape index (κ2) is 8.23. The van der Waals surface area contributed by atoms with E-state index in [0.717, 1.165) is 13.0 Å². The van der Waals surface area contributed by atoms with Crippen molar-refractivity contribution in [2.24, 2.45) is 0 Å². The van der Waals surface area contributed by atoms with Gasteiger partial charge in [0, 0.05) is 13.6 Å². The topological polar surface area (TPSA) is 61.4 Å². The number of nitrogens with zero attached hydrogens (tertiary/aromatic N) is 1. The molecule has 0 heterocycles. The van der Waals surface area contributed by atoms with E-state index in [-0.39, 0.29) is 18.4 Å². The number of rotatable bonds is 7. The molecule has 0 rings (SSSR count). The Morgan fingerprint density at radius 2 is 1.93 bits per heavy atom. The van der Waals surface area contributed by atoms with Crippen LogP contribution in [0, 0.1) is 0 Å². The predicted molar refractivity (Wildman–Crippen MR) is 59.5 cm³/mol. The lowest BCUT2D eigenvalue weighted by atomic mass is 10.4. The Bertz CT molecular complexity index is 207. The summed E-state index contributed by atoms with van der Waals surface area (Å²) in [7, 11) is 1.57. The number of hydrogen-bond acceptors (Lipinski definition) is 3. The Morgan fingerprint density at radius 1 is 1.27 bits per heavy atom. The summed E-state index contributed by atoms with van der Waals surface area (Å²) >= 11 is 0. The highest BCUT2D eigenvalue weighted by Crippen LogP contribution is 1.88. The SMILES string of the molecule is CCCNCC(=O)N(CC)CC(=O)NC.